The van der Waals surface area contributed by atoms with Gasteiger partial charge in [-0.2, -0.15) is 13.2 Å². The molecule has 1 aromatic heterocycles. The number of rotatable bonds is 4. The topological polar surface area (TPSA) is 104 Å². The molecule has 7 nitrogen and oxygen atoms in total. The van der Waals surface area contributed by atoms with E-state index in [1.807, 2.05) is 0 Å². The van der Waals surface area contributed by atoms with Crippen LogP contribution in [0.5, 0.6) is 0 Å². The van der Waals surface area contributed by atoms with E-state index in [1.165, 1.54) is 4.57 Å². The molecule has 30 heavy (non-hydrogen) atoms. The fourth-order valence-corrected chi connectivity index (χ4v) is 4.96. The Morgan fingerprint density at radius 2 is 1.83 bits per heavy atom. The minimum atomic E-state index is -4.37. The Labute approximate surface area is 168 Å². The third kappa shape index (κ3) is 3.47. The van der Waals surface area contributed by atoms with Crippen molar-refractivity contribution in [1.82, 2.24) is 14.5 Å². The summed E-state index contributed by atoms with van der Waals surface area (Å²) in [5.74, 6) is -2.05. The second-order valence-electron chi connectivity index (χ2n) is 8.53. The van der Waals surface area contributed by atoms with Crippen LogP contribution in [0.4, 0.5) is 17.6 Å². The Morgan fingerprint density at radius 1 is 1.20 bits per heavy atom. The van der Waals surface area contributed by atoms with E-state index in [0.29, 0.717) is 18.4 Å². The number of aromatic nitrogens is 2. The van der Waals surface area contributed by atoms with Crippen LogP contribution in [-0.4, -0.2) is 57.6 Å². The molecule has 4 rings (SSSR count). The molecule has 2 heterocycles. The number of nitrogens with two attached hydrogens (primary N) is 1. The number of nitrogens with zero attached hydrogens (tertiary/aromatic N) is 2. The second-order valence-corrected chi connectivity index (χ2v) is 8.53. The molecule has 2 fully saturated rings. The maximum Gasteiger partial charge on any atom is 0.389 e. The molecule has 1 aromatic rings. The maximum absolute atomic E-state index is 15.3. The first-order valence-electron chi connectivity index (χ1n) is 9.97. The van der Waals surface area contributed by atoms with Crippen molar-refractivity contribution in [3.8, 4) is 0 Å². The minimum absolute atomic E-state index is 0.0265. The average Bonchev–Trinajstić information content (AvgIpc) is 3.39. The van der Waals surface area contributed by atoms with Gasteiger partial charge in [0.15, 0.2) is 6.17 Å². The number of aromatic amines is 1. The van der Waals surface area contributed by atoms with E-state index in [2.05, 4.69) is 4.98 Å². The van der Waals surface area contributed by atoms with E-state index in [1.54, 1.807) is 11.8 Å². The lowest BCUT2D eigenvalue weighted by Crippen LogP contribution is -2.61. The number of fused-ring (bicyclic) bond motifs is 1. The highest BCUT2D eigenvalue weighted by molar-refractivity contribution is 5.60. The summed E-state index contributed by atoms with van der Waals surface area (Å²) in [5.41, 5.74) is 4.52. The number of likely N-dealkylation sites (tertiary alicyclic amines) is 1. The molecule has 1 saturated carbocycles. The predicted octanol–water partition coefficient (Wildman–Crippen LogP) is -0.112. The molecule has 3 aliphatic rings. The Morgan fingerprint density at radius 3 is 2.40 bits per heavy atom. The zero-order valence-corrected chi connectivity index (χ0v) is 16.4. The highest BCUT2D eigenvalue weighted by atomic mass is 19.4. The summed E-state index contributed by atoms with van der Waals surface area (Å²) in [6.45, 7) is 1.69. The van der Waals surface area contributed by atoms with Gasteiger partial charge in [0.25, 0.3) is 5.56 Å². The number of nitrogens with one attached hydrogen (secondary N) is 1. The normalized spacial score (nSPS) is 30.1. The van der Waals surface area contributed by atoms with Crippen LogP contribution in [0.25, 0.3) is 11.3 Å². The molecule has 4 unspecified atom stereocenters. The fourth-order valence-electron chi connectivity index (χ4n) is 4.96. The van der Waals surface area contributed by atoms with Gasteiger partial charge in [0.1, 0.15) is 11.0 Å². The lowest BCUT2D eigenvalue weighted by Gasteiger charge is -2.34. The van der Waals surface area contributed by atoms with Crippen LogP contribution < -0.4 is 27.6 Å². The monoisotopic (exact) mass is 432 g/mol. The van der Waals surface area contributed by atoms with Gasteiger partial charge < -0.3 is 10.8 Å². The van der Waals surface area contributed by atoms with E-state index in [4.69, 9.17) is 5.73 Å². The zero-order valence-electron chi connectivity index (χ0n) is 16.4. The molecule has 11 heteroatoms. The molecule has 4 atom stereocenters. The highest BCUT2D eigenvalue weighted by Gasteiger charge is 2.46. The third-order valence-electron chi connectivity index (χ3n) is 6.46. The van der Waals surface area contributed by atoms with E-state index in [-0.39, 0.29) is 36.2 Å². The SMILES string of the molecule is CC1=c2c(c(=O)[nH]c(=O)n2C2CC2)=C(O)C(F)C1N1CC(CN)C(CC(F)(F)F)C1. The zero-order chi connectivity index (χ0) is 22.0. The molecule has 0 radical (unpaired) electrons. The van der Waals surface area contributed by atoms with Gasteiger partial charge in [-0.1, -0.05) is 0 Å². The van der Waals surface area contributed by atoms with Crippen molar-refractivity contribution in [1.29, 1.82) is 0 Å². The Balaban J connectivity index is 1.83. The van der Waals surface area contributed by atoms with Crippen LogP contribution in [0.3, 0.4) is 0 Å². The molecule has 2 aliphatic carbocycles. The molecule has 1 aliphatic heterocycles. The van der Waals surface area contributed by atoms with Gasteiger partial charge in [0.05, 0.1) is 11.4 Å². The van der Waals surface area contributed by atoms with Gasteiger partial charge in [-0.3, -0.25) is 19.2 Å². The van der Waals surface area contributed by atoms with Gasteiger partial charge in [-0.15, -0.1) is 0 Å². The van der Waals surface area contributed by atoms with E-state index < -0.39 is 53.7 Å². The number of halogens is 4. The van der Waals surface area contributed by atoms with Crippen LogP contribution in [0.1, 0.15) is 32.2 Å². The summed E-state index contributed by atoms with van der Waals surface area (Å²) in [7, 11) is 0. The minimum Gasteiger partial charge on any atom is -0.508 e. The molecule has 0 aromatic carbocycles. The van der Waals surface area contributed by atoms with Crippen LogP contribution in [0, 0.1) is 11.8 Å². The van der Waals surface area contributed by atoms with Gasteiger partial charge in [0, 0.05) is 25.6 Å². The summed E-state index contributed by atoms with van der Waals surface area (Å²) in [6.07, 6.45) is -5.96. The van der Waals surface area contributed by atoms with Crippen LogP contribution in [0.15, 0.2) is 9.59 Å². The van der Waals surface area contributed by atoms with Crippen molar-refractivity contribution in [2.24, 2.45) is 17.6 Å². The smallest absolute Gasteiger partial charge is 0.389 e. The standard InChI is InChI=1S/C19H24F4N4O3/c1-8-14-12(17(29)25-18(30)27(14)11-2-3-11)16(28)13(20)15(8)26-6-9(4-19(21,22)23)10(5-24)7-26/h9-11,13,15,28H,2-7,24H2,1H3,(H,25,29,30). The molecule has 0 amide bonds. The van der Waals surface area contributed by atoms with Crippen molar-refractivity contribution in [3.63, 3.8) is 0 Å². The molecule has 1 saturated heterocycles. The van der Waals surface area contributed by atoms with E-state index in [9.17, 15) is 27.9 Å². The number of hydrogen-bond donors (Lipinski definition) is 3. The van der Waals surface area contributed by atoms with Gasteiger partial charge in [0.2, 0.25) is 0 Å². The average molecular weight is 432 g/mol. The molecule has 0 spiro atoms. The molecular formula is C19H24F4N4O3. The Kier molecular flexibility index (Phi) is 5.08. The number of H-pyrrole nitrogens is 1. The van der Waals surface area contributed by atoms with Gasteiger partial charge in [-0.05, 0) is 43.7 Å². The number of hydrogen-bond acceptors (Lipinski definition) is 5. The van der Waals surface area contributed by atoms with Crippen LogP contribution in [0.2, 0.25) is 0 Å². The number of alkyl halides is 4. The Bertz CT molecular complexity index is 1090. The second kappa shape index (κ2) is 7.23. The van der Waals surface area contributed by atoms with Crippen molar-refractivity contribution in [2.45, 2.75) is 50.6 Å². The largest absolute Gasteiger partial charge is 0.508 e. The fraction of sp³-hybridized carbons (Fsp3) is 0.684. The first kappa shape index (κ1) is 21.1. The summed E-state index contributed by atoms with van der Waals surface area (Å²) in [4.78, 5) is 28.4. The van der Waals surface area contributed by atoms with Crippen molar-refractivity contribution in [2.75, 3.05) is 19.6 Å². The summed E-state index contributed by atoms with van der Waals surface area (Å²) >= 11 is 0. The lowest BCUT2D eigenvalue weighted by molar-refractivity contribution is -0.146. The van der Waals surface area contributed by atoms with E-state index >= 15 is 4.39 Å². The first-order valence-corrected chi connectivity index (χ1v) is 9.97. The summed E-state index contributed by atoms with van der Waals surface area (Å²) in [6, 6.07) is -1.23. The van der Waals surface area contributed by atoms with Gasteiger partial charge >= 0.3 is 11.9 Å². The lowest BCUT2D eigenvalue weighted by atomic mass is 9.93. The van der Waals surface area contributed by atoms with Crippen LogP contribution in [-0.2, 0) is 0 Å². The first-order chi connectivity index (χ1) is 14.0. The summed E-state index contributed by atoms with van der Waals surface area (Å²) < 4.78 is 55.6. The Hall–Kier alpha value is -2.14. The molecule has 0 bridgehead atoms. The van der Waals surface area contributed by atoms with Crippen molar-refractivity contribution >= 4 is 11.3 Å². The third-order valence-corrected chi connectivity index (χ3v) is 6.46. The predicted molar refractivity (Wildman–Crippen MR) is 101 cm³/mol. The quantitative estimate of drug-likeness (QED) is 0.576. The van der Waals surface area contributed by atoms with E-state index in [0.717, 1.165) is 0 Å². The van der Waals surface area contributed by atoms with Crippen molar-refractivity contribution in [3.05, 3.63) is 31.4 Å². The highest BCUT2D eigenvalue weighted by Crippen LogP contribution is 2.37. The van der Waals surface area contributed by atoms with Crippen LogP contribution >= 0.6 is 0 Å². The van der Waals surface area contributed by atoms with Crippen molar-refractivity contribution < 1.29 is 22.7 Å². The molecule has 166 valence electrons. The summed E-state index contributed by atoms with van der Waals surface area (Å²) in [5, 5.41) is 10.4. The molecule has 4 N–H and O–H groups in total. The number of aliphatic hydroxyl groups excluding tert-OH is 1. The maximum atomic E-state index is 15.3. The molecular weight excluding hydrogens is 408 g/mol. The number of aliphatic hydroxyl groups is 1. The van der Waals surface area contributed by atoms with Gasteiger partial charge in [-0.25, -0.2) is 9.18 Å².